The summed E-state index contributed by atoms with van der Waals surface area (Å²) in [4.78, 5) is 22.2. The SMILES string of the molecule is CCc1c(C#N)cc(C(=O)OC)cc1C=O. The Morgan fingerprint density at radius 1 is 1.56 bits per heavy atom. The molecule has 0 radical (unpaired) electrons. The predicted molar refractivity (Wildman–Crippen MR) is 57.3 cm³/mol. The molecule has 0 amide bonds. The van der Waals surface area contributed by atoms with Crippen molar-refractivity contribution >= 4 is 12.3 Å². The second kappa shape index (κ2) is 5.08. The van der Waals surface area contributed by atoms with Gasteiger partial charge in [0, 0.05) is 5.56 Å². The molecule has 0 atom stereocenters. The Bertz CT molecular complexity index is 472. The number of rotatable bonds is 3. The van der Waals surface area contributed by atoms with E-state index in [1.54, 1.807) is 0 Å². The molecule has 0 spiro atoms. The molecule has 0 fully saturated rings. The number of nitriles is 1. The van der Waals surface area contributed by atoms with Gasteiger partial charge >= 0.3 is 5.97 Å². The predicted octanol–water partition coefficient (Wildman–Crippen LogP) is 1.72. The summed E-state index contributed by atoms with van der Waals surface area (Å²) in [5.41, 5.74) is 1.58. The van der Waals surface area contributed by atoms with Crippen LogP contribution in [0.5, 0.6) is 0 Å². The lowest BCUT2D eigenvalue weighted by Crippen LogP contribution is -2.05. The maximum absolute atomic E-state index is 11.3. The first-order chi connectivity index (χ1) is 7.67. The Balaban J connectivity index is 3.44. The number of esters is 1. The maximum atomic E-state index is 11.3. The average Bonchev–Trinajstić information content (AvgIpc) is 2.35. The zero-order valence-electron chi connectivity index (χ0n) is 9.11. The third-order valence-electron chi connectivity index (χ3n) is 2.31. The lowest BCUT2D eigenvalue weighted by atomic mass is 9.97. The van der Waals surface area contributed by atoms with Gasteiger partial charge in [-0.25, -0.2) is 4.79 Å². The van der Waals surface area contributed by atoms with E-state index in [-0.39, 0.29) is 5.56 Å². The zero-order valence-corrected chi connectivity index (χ0v) is 9.11. The Hall–Kier alpha value is -2.15. The fraction of sp³-hybridized carbons (Fsp3) is 0.250. The van der Waals surface area contributed by atoms with Crippen LogP contribution < -0.4 is 0 Å². The first-order valence-electron chi connectivity index (χ1n) is 4.78. The molecule has 1 aromatic carbocycles. The van der Waals surface area contributed by atoms with Crippen molar-refractivity contribution in [2.45, 2.75) is 13.3 Å². The van der Waals surface area contributed by atoms with Crippen molar-refractivity contribution in [3.63, 3.8) is 0 Å². The van der Waals surface area contributed by atoms with Crippen LogP contribution in [0.15, 0.2) is 12.1 Å². The number of benzene rings is 1. The molecule has 82 valence electrons. The average molecular weight is 217 g/mol. The molecule has 16 heavy (non-hydrogen) atoms. The highest BCUT2D eigenvalue weighted by molar-refractivity contribution is 5.93. The highest BCUT2D eigenvalue weighted by Crippen LogP contribution is 2.17. The molecule has 0 unspecified atom stereocenters. The summed E-state index contributed by atoms with van der Waals surface area (Å²) in [5.74, 6) is -0.553. The van der Waals surface area contributed by atoms with Crippen molar-refractivity contribution in [2.24, 2.45) is 0 Å². The first-order valence-corrected chi connectivity index (χ1v) is 4.78. The lowest BCUT2D eigenvalue weighted by Gasteiger charge is -2.07. The van der Waals surface area contributed by atoms with Gasteiger partial charge < -0.3 is 4.74 Å². The topological polar surface area (TPSA) is 67.2 Å². The summed E-state index contributed by atoms with van der Waals surface area (Å²) >= 11 is 0. The molecule has 4 nitrogen and oxygen atoms in total. The van der Waals surface area contributed by atoms with E-state index in [1.165, 1.54) is 19.2 Å². The molecular formula is C12H11NO3. The molecule has 0 heterocycles. The number of methoxy groups -OCH3 is 1. The quantitative estimate of drug-likeness (QED) is 0.571. The molecule has 0 aliphatic rings. The van der Waals surface area contributed by atoms with E-state index in [0.29, 0.717) is 29.4 Å². The zero-order chi connectivity index (χ0) is 12.1. The van der Waals surface area contributed by atoms with Crippen molar-refractivity contribution in [1.82, 2.24) is 0 Å². The van der Waals surface area contributed by atoms with Crippen molar-refractivity contribution in [2.75, 3.05) is 7.11 Å². The molecule has 0 aliphatic heterocycles. The highest BCUT2D eigenvalue weighted by Gasteiger charge is 2.13. The summed E-state index contributed by atoms with van der Waals surface area (Å²) < 4.78 is 4.54. The second-order valence-corrected chi connectivity index (χ2v) is 3.17. The molecule has 0 aliphatic carbocycles. The number of hydrogen-bond donors (Lipinski definition) is 0. The Morgan fingerprint density at radius 2 is 2.25 bits per heavy atom. The third kappa shape index (κ3) is 2.09. The second-order valence-electron chi connectivity index (χ2n) is 3.17. The number of nitrogens with zero attached hydrogens (tertiary/aromatic N) is 1. The number of carbonyl (C=O) groups is 2. The molecule has 0 aromatic heterocycles. The largest absolute Gasteiger partial charge is 0.465 e. The molecule has 0 bridgehead atoms. The van der Waals surface area contributed by atoms with Crippen LogP contribution in [0.25, 0.3) is 0 Å². The van der Waals surface area contributed by atoms with Gasteiger partial charge in [0.2, 0.25) is 0 Å². The van der Waals surface area contributed by atoms with Crippen molar-refractivity contribution < 1.29 is 14.3 Å². The molecule has 0 N–H and O–H groups in total. The molecule has 0 saturated heterocycles. The molecule has 0 saturated carbocycles. The standard InChI is InChI=1S/C12H11NO3/c1-3-11-9(6-13)4-8(12(15)16-2)5-10(11)7-14/h4-5,7H,3H2,1-2H3. The third-order valence-corrected chi connectivity index (χ3v) is 2.31. The van der Waals surface area contributed by atoms with E-state index in [0.717, 1.165) is 0 Å². The van der Waals surface area contributed by atoms with Gasteiger partial charge in [-0.05, 0) is 24.1 Å². The monoisotopic (exact) mass is 217 g/mol. The van der Waals surface area contributed by atoms with Crippen LogP contribution in [0.2, 0.25) is 0 Å². The van der Waals surface area contributed by atoms with Gasteiger partial charge in [0.25, 0.3) is 0 Å². The molecule has 1 aromatic rings. The van der Waals surface area contributed by atoms with E-state index < -0.39 is 5.97 Å². The molecule has 4 heteroatoms. The number of ether oxygens (including phenoxy) is 1. The van der Waals surface area contributed by atoms with E-state index in [2.05, 4.69) is 4.74 Å². The van der Waals surface area contributed by atoms with Crippen LogP contribution in [-0.4, -0.2) is 19.4 Å². The first kappa shape index (κ1) is 11.9. The normalized spacial score (nSPS) is 9.31. The number of hydrogen-bond acceptors (Lipinski definition) is 4. The van der Waals surface area contributed by atoms with Crippen LogP contribution in [0.4, 0.5) is 0 Å². The van der Waals surface area contributed by atoms with Crippen LogP contribution in [-0.2, 0) is 11.2 Å². The smallest absolute Gasteiger partial charge is 0.337 e. The van der Waals surface area contributed by atoms with Gasteiger partial charge in [0.1, 0.15) is 6.29 Å². The highest BCUT2D eigenvalue weighted by atomic mass is 16.5. The van der Waals surface area contributed by atoms with Gasteiger partial charge in [-0.3, -0.25) is 4.79 Å². The molecule has 1 rings (SSSR count). The van der Waals surface area contributed by atoms with Crippen molar-refractivity contribution in [3.8, 4) is 6.07 Å². The van der Waals surface area contributed by atoms with E-state index in [1.807, 2.05) is 13.0 Å². The van der Waals surface area contributed by atoms with Crippen molar-refractivity contribution in [1.29, 1.82) is 5.26 Å². The minimum absolute atomic E-state index is 0.221. The van der Waals surface area contributed by atoms with Crippen molar-refractivity contribution in [3.05, 3.63) is 34.4 Å². The lowest BCUT2D eigenvalue weighted by molar-refractivity contribution is 0.0600. The minimum Gasteiger partial charge on any atom is -0.465 e. The summed E-state index contributed by atoms with van der Waals surface area (Å²) in [6.07, 6.45) is 1.21. The van der Waals surface area contributed by atoms with E-state index in [4.69, 9.17) is 5.26 Å². The Labute approximate surface area is 93.5 Å². The van der Waals surface area contributed by atoms with Crippen LogP contribution in [0, 0.1) is 11.3 Å². The number of aldehydes is 1. The van der Waals surface area contributed by atoms with Crippen LogP contribution >= 0.6 is 0 Å². The Morgan fingerprint density at radius 3 is 2.69 bits per heavy atom. The summed E-state index contributed by atoms with van der Waals surface area (Å²) in [6.45, 7) is 1.85. The Kier molecular flexibility index (Phi) is 3.78. The van der Waals surface area contributed by atoms with Gasteiger partial charge in [0.15, 0.2) is 0 Å². The summed E-state index contributed by atoms with van der Waals surface area (Å²) in [6, 6.07) is 4.86. The summed E-state index contributed by atoms with van der Waals surface area (Å²) in [7, 11) is 1.25. The fourth-order valence-corrected chi connectivity index (χ4v) is 1.53. The van der Waals surface area contributed by atoms with E-state index >= 15 is 0 Å². The fourth-order valence-electron chi connectivity index (χ4n) is 1.53. The van der Waals surface area contributed by atoms with Gasteiger partial charge in [0.05, 0.1) is 24.3 Å². The van der Waals surface area contributed by atoms with Gasteiger partial charge in [-0.2, -0.15) is 5.26 Å². The van der Waals surface area contributed by atoms with Crippen LogP contribution in [0.1, 0.15) is 38.8 Å². The minimum atomic E-state index is -0.553. The number of carbonyl (C=O) groups excluding carboxylic acids is 2. The maximum Gasteiger partial charge on any atom is 0.337 e. The van der Waals surface area contributed by atoms with Gasteiger partial charge in [-0.1, -0.05) is 6.92 Å². The van der Waals surface area contributed by atoms with Crippen LogP contribution in [0.3, 0.4) is 0 Å². The van der Waals surface area contributed by atoms with Gasteiger partial charge in [-0.15, -0.1) is 0 Å². The molecular weight excluding hydrogens is 206 g/mol. The summed E-state index contributed by atoms with van der Waals surface area (Å²) in [5, 5.41) is 8.93. The van der Waals surface area contributed by atoms with E-state index in [9.17, 15) is 9.59 Å².